The second kappa shape index (κ2) is 6.06. The molecule has 0 radical (unpaired) electrons. The second-order valence-corrected chi connectivity index (χ2v) is 4.47. The maximum atomic E-state index is 12.2. The smallest absolute Gasteiger partial charge is 0.189 e. The van der Waals surface area contributed by atoms with Crippen molar-refractivity contribution in [3.63, 3.8) is 0 Å². The van der Waals surface area contributed by atoms with Gasteiger partial charge in [-0.25, -0.2) is 0 Å². The van der Waals surface area contributed by atoms with Gasteiger partial charge in [-0.05, 0) is 36.3 Å². The minimum Gasteiger partial charge on any atom is -0.504 e. The molecule has 3 nitrogen and oxygen atoms in total. The molecule has 102 valence electrons. The second-order valence-electron chi connectivity index (χ2n) is 4.47. The Morgan fingerprint density at radius 2 is 1.90 bits per heavy atom. The number of phenolic OH excluding ortho intramolecular Hbond substituents is 1. The molecule has 0 saturated heterocycles. The summed E-state index contributed by atoms with van der Waals surface area (Å²) in [4.78, 5) is 12.2. The molecule has 2 aromatic rings. The van der Waals surface area contributed by atoms with Crippen LogP contribution in [0.3, 0.4) is 0 Å². The van der Waals surface area contributed by atoms with E-state index in [0.717, 1.165) is 11.1 Å². The molecule has 20 heavy (non-hydrogen) atoms. The van der Waals surface area contributed by atoms with Crippen molar-refractivity contribution in [2.24, 2.45) is 0 Å². The number of aryl methyl sites for hydroxylation is 1. The Bertz CT molecular complexity index is 643. The number of rotatable bonds is 4. The zero-order valence-electron chi connectivity index (χ0n) is 11.5. The maximum absolute atomic E-state index is 12.2. The van der Waals surface area contributed by atoms with Gasteiger partial charge in [-0.2, -0.15) is 0 Å². The molecule has 0 aliphatic carbocycles. The summed E-state index contributed by atoms with van der Waals surface area (Å²) < 4.78 is 5.05. The molecule has 0 atom stereocenters. The monoisotopic (exact) mass is 268 g/mol. The molecule has 0 aliphatic heterocycles. The topological polar surface area (TPSA) is 46.5 Å². The summed E-state index contributed by atoms with van der Waals surface area (Å²) in [6, 6.07) is 12.9. The predicted molar refractivity (Wildman–Crippen MR) is 79.2 cm³/mol. The lowest BCUT2D eigenvalue weighted by Gasteiger charge is -2.08. The van der Waals surface area contributed by atoms with Crippen LogP contribution in [0.1, 0.15) is 21.5 Å². The molecular weight excluding hydrogens is 252 g/mol. The molecule has 0 aliphatic rings. The normalized spacial score (nSPS) is 10.7. The SMILES string of the molecule is COc1cc(C)cc(C(=O)/C=C\c2ccccc2)c1O. The minimum absolute atomic E-state index is 0.124. The van der Waals surface area contributed by atoms with Crippen molar-refractivity contribution in [3.8, 4) is 11.5 Å². The molecule has 0 saturated carbocycles. The first kappa shape index (κ1) is 13.9. The number of methoxy groups -OCH3 is 1. The third-order valence-corrected chi connectivity index (χ3v) is 2.93. The van der Waals surface area contributed by atoms with Crippen molar-refractivity contribution in [2.45, 2.75) is 6.92 Å². The van der Waals surface area contributed by atoms with Gasteiger partial charge in [0.2, 0.25) is 0 Å². The summed E-state index contributed by atoms with van der Waals surface area (Å²) >= 11 is 0. The summed E-state index contributed by atoms with van der Waals surface area (Å²) in [7, 11) is 1.46. The van der Waals surface area contributed by atoms with Gasteiger partial charge in [-0.3, -0.25) is 4.79 Å². The fourth-order valence-electron chi connectivity index (χ4n) is 1.91. The first-order valence-corrected chi connectivity index (χ1v) is 6.27. The zero-order chi connectivity index (χ0) is 14.5. The molecule has 0 fully saturated rings. The van der Waals surface area contributed by atoms with Crippen LogP contribution < -0.4 is 4.74 Å². The van der Waals surface area contributed by atoms with Crippen LogP contribution in [0, 0.1) is 6.92 Å². The molecule has 2 aromatic carbocycles. The van der Waals surface area contributed by atoms with E-state index in [1.54, 1.807) is 18.2 Å². The lowest BCUT2D eigenvalue weighted by atomic mass is 10.0. The number of hydrogen-bond donors (Lipinski definition) is 1. The largest absolute Gasteiger partial charge is 0.504 e. The molecule has 0 unspecified atom stereocenters. The Morgan fingerprint density at radius 1 is 1.20 bits per heavy atom. The van der Waals surface area contributed by atoms with Gasteiger partial charge < -0.3 is 9.84 Å². The molecule has 0 amide bonds. The Morgan fingerprint density at radius 3 is 2.55 bits per heavy atom. The summed E-state index contributed by atoms with van der Waals surface area (Å²) in [5, 5.41) is 10.0. The first-order valence-electron chi connectivity index (χ1n) is 6.27. The van der Waals surface area contributed by atoms with E-state index in [1.165, 1.54) is 13.2 Å². The Kier molecular flexibility index (Phi) is 4.20. The number of hydrogen-bond acceptors (Lipinski definition) is 3. The van der Waals surface area contributed by atoms with E-state index in [0.29, 0.717) is 5.75 Å². The summed E-state index contributed by atoms with van der Waals surface area (Å²) in [5.41, 5.74) is 2.03. The number of ether oxygens (including phenoxy) is 1. The third-order valence-electron chi connectivity index (χ3n) is 2.93. The molecule has 0 bridgehead atoms. The predicted octanol–water partition coefficient (Wildman–Crippen LogP) is 3.61. The molecular formula is C17H16O3. The van der Waals surface area contributed by atoms with E-state index in [2.05, 4.69) is 0 Å². The number of phenols is 1. The van der Waals surface area contributed by atoms with Crippen LogP contribution in [0.25, 0.3) is 6.08 Å². The Labute approximate surface area is 118 Å². The lowest BCUT2D eigenvalue weighted by molar-refractivity contribution is 0.104. The lowest BCUT2D eigenvalue weighted by Crippen LogP contribution is -1.98. The van der Waals surface area contributed by atoms with E-state index < -0.39 is 0 Å². The first-order chi connectivity index (χ1) is 9.61. The number of allylic oxidation sites excluding steroid dienone is 1. The average molecular weight is 268 g/mol. The molecule has 2 rings (SSSR count). The quantitative estimate of drug-likeness (QED) is 0.680. The van der Waals surface area contributed by atoms with Crippen LogP contribution >= 0.6 is 0 Å². The fourth-order valence-corrected chi connectivity index (χ4v) is 1.91. The third kappa shape index (κ3) is 3.06. The standard InChI is InChI=1S/C17H16O3/c1-12-10-14(17(19)16(11-12)20-2)15(18)9-8-13-6-4-3-5-7-13/h3-11,19H,1-2H3/b9-8-. The van der Waals surface area contributed by atoms with Crippen molar-refractivity contribution in [2.75, 3.05) is 7.11 Å². The highest BCUT2D eigenvalue weighted by Crippen LogP contribution is 2.31. The highest BCUT2D eigenvalue weighted by Gasteiger charge is 2.13. The zero-order valence-corrected chi connectivity index (χ0v) is 11.5. The van der Waals surface area contributed by atoms with Gasteiger partial charge in [0.15, 0.2) is 17.3 Å². The fraction of sp³-hybridized carbons (Fsp3) is 0.118. The van der Waals surface area contributed by atoms with Gasteiger partial charge in [0, 0.05) is 0 Å². The van der Waals surface area contributed by atoms with Gasteiger partial charge in [0.1, 0.15) is 0 Å². The number of carbonyl (C=O) groups is 1. The molecule has 0 spiro atoms. The van der Waals surface area contributed by atoms with Crippen molar-refractivity contribution in [3.05, 3.63) is 65.2 Å². The number of ketones is 1. The summed E-state index contributed by atoms with van der Waals surface area (Å²) in [6.07, 6.45) is 3.17. The van der Waals surface area contributed by atoms with Crippen LogP contribution in [-0.4, -0.2) is 18.0 Å². The van der Waals surface area contributed by atoms with Crippen LogP contribution in [0.5, 0.6) is 11.5 Å². The maximum Gasteiger partial charge on any atom is 0.189 e. The van der Waals surface area contributed by atoms with Crippen molar-refractivity contribution >= 4 is 11.9 Å². The van der Waals surface area contributed by atoms with Crippen LogP contribution in [0.4, 0.5) is 0 Å². The molecule has 1 N–H and O–H groups in total. The van der Waals surface area contributed by atoms with Crippen molar-refractivity contribution < 1.29 is 14.6 Å². The van der Waals surface area contributed by atoms with E-state index in [-0.39, 0.29) is 17.1 Å². The highest BCUT2D eigenvalue weighted by molar-refractivity contribution is 6.09. The number of aromatic hydroxyl groups is 1. The van der Waals surface area contributed by atoms with Gasteiger partial charge in [0.05, 0.1) is 12.7 Å². The Hall–Kier alpha value is -2.55. The van der Waals surface area contributed by atoms with Gasteiger partial charge >= 0.3 is 0 Å². The number of benzene rings is 2. The van der Waals surface area contributed by atoms with Crippen LogP contribution in [-0.2, 0) is 0 Å². The van der Waals surface area contributed by atoms with E-state index in [1.807, 2.05) is 37.3 Å². The molecule has 0 aromatic heterocycles. The summed E-state index contributed by atoms with van der Waals surface area (Å²) in [6.45, 7) is 1.85. The van der Waals surface area contributed by atoms with Gasteiger partial charge in [-0.1, -0.05) is 36.4 Å². The van der Waals surface area contributed by atoms with E-state index >= 15 is 0 Å². The van der Waals surface area contributed by atoms with Crippen molar-refractivity contribution in [1.29, 1.82) is 0 Å². The van der Waals surface area contributed by atoms with E-state index in [4.69, 9.17) is 4.74 Å². The van der Waals surface area contributed by atoms with Crippen LogP contribution in [0.2, 0.25) is 0 Å². The van der Waals surface area contributed by atoms with Gasteiger partial charge in [0.25, 0.3) is 0 Å². The number of carbonyl (C=O) groups excluding carboxylic acids is 1. The minimum atomic E-state index is -0.256. The van der Waals surface area contributed by atoms with E-state index in [9.17, 15) is 9.90 Å². The summed E-state index contributed by atoms with van der Waals surface area (Å²) in [5.74, 6) is -0.0735. The van der Waals surface area contributed by atoms with Crippen LogP contribution in [0.15, 0.2) is 48.5 Å². The molecule has 3 heteroatoms. The Balaban J connectivity index is 2.30. The highest BCUT2D eigenvalue weighted by atomic mass is 16.5. The average Bonchev–Trinajstić information content (AvgIpc) is 2.47. The van der Waals surface area contributed by atoms with Gasteiger partial charge in [-0.15, -0.1) is 0 Å². The van der Waals surface area contributed by atoms with Crippen molar-refractivity contribution in [1.82, 2.24) is 0 Å². The molecule has 0 heterocycles.